The Morgan fingerprint density at radius 3 is 2.68 bits per heavy atom. The molecule has 2 aromatic heterocycles. The van der Waals surface area contributed by atoms with Crippen molar-refractivity contribution in [2.45, 2.75) is 25.3 Å². The Morgan fingerprint density at radius 1 is 1.32 bits per heavy atom. The summed E-state index contributed by atoms with van der Waals surface area (Å²) in [4.78, 5) is 17.2. The maximum Gasteiger partial charge on any atom is 0.267 e. The second kappa shape index (κ2) is 5.69. The van der Waals surface area contributed by atoms with Gasteiger partial charge < -0.3 is 5.73 Å². The number of halogens is 3. The summed E-state index contributed by atoms with van der Waals surface area (Å²) in [6.07, 6.45) is 0.298. The van der Waals surface area contributed by atoms with E-state index in [4.69, 9.17) is 5.73 Å². The summed E-state index contributed by atoms with van der Waals surface area (Å²) in [5.74, 6) is -0.409. The van der Waals surface area contributed by atoms with E-state index in [0.717, 1.165) is 23.5 Å². The Kier molecular flexibility index (Phi) is 3.60. The number of nitrogens with zero attached hydrogens (tertiary/aromatic N) is 3. The van der Waals surface area contributed by atoms with Crippen molar-refractivity contribution in [3.8, 4) is 5.82 Å². The normalized spacial score (nSPS) is 15.9. The van der Waals surface area contributed by atoms with Gasteiger partial charge in [-0.3, -0.25) is 9.89 Å². The first-order valence-electron chi connectivity index (χ1n) is 7.77. The molecular weight excluding hydrogens is 335 g/mol. The Balaban J connectivity index is 2.09. The van der Waals surface area contributed by atoms with Crippen LogP contribution in [0.25, 0.3) is 16.7 Å². The molecule has 4 rings (SSSR count). The van der Waals surface area contributed by atoms with Crippen molar-refractivity contribution in [1.29, 1.82) is 0 Å². The Bertz CT molecular complexity index is 995. The average molecular weight is 349 g/mol. The van der Waals surface area contributed by atoms with Crippen molar-refractivity contribution in [3.05, 3.63) is 52.0 Å². The van der Waals surface area contributed by atoms with Gasteiger partial charge in [0, 0.05) is 17.8 Å². The van der Waals surface area contributed by atoms with Crippen LogP contribution in [0.15, 0.2) is 29.2 Å². The highest BCUT2D eigenvalue weighted by Gasteiger charge is 2.34. The molecule has 1 unspecified atom stereocenters. The number of rotatable bonds is 4. The first-order chi connectivity index (χ1) is 12.0. The standard InChI is InChI=1S/C16H14F3N5O/c17-8-5-9(14(18)19)13-10(6-8)16(25)24(11-3-4-21-23-11)15(22-13)12(20)7-1-2-7/h3-7,12,14H,1-2,20H2,(H,21,23). The topological polar surface area (TPSA) is 89.6 Å². The van der Waals surface area contributed by atoms with Gasteiger partial charge >= 0.3 is 0 Å². The highest BCUT2D eigenvalue weighted by molar-refractivity contribution is 5.81. The molecule has 25 heavy (non-hydrogen) atoms. The zero-order chi connectivity index (χ0) is 17.7. The molecule has 3 aromatic rings. The van der Waals surface area contributed by atoms with E-state index in [0.29, 0.717) is 6.07 Å². The van der Waals surface area contributed by atoms with Gasteiger partial charge in [-0.15, -0.1) is 0 Å². The van der Waals surface area contributed by atoms with Crippen molar-refractivity contribution in [2.75, 3.05) is 0 Å². The third-order valence-corrected chi connectivity index (χ3v) is 4.37. The first kappa shape index (κ1) is 15.8. The van der Waals surface area contributed by atoms with Crippen molar-refractivity contribution in [1.82, 2.24) is 19.7 Å². The number of fused-ring (bicyclic) bond motifs is 1. The van der Waals surface area contributed by atoms with Gasteiger partial charge in [-0.25, -0.2) is 22.7 Å². The van der Waals surface area contributed by atoms with E-state index < -0.39 is 29.4 Å². The molecule has 0 aliphatic heterocycles. The van der Waals surface area contributed by atoms with Crippen LogP contribution in [0.4, 0.5) is 13.2 Å². The van der Waals surface area contributed by atoms with E-state index in [-0.39, 0.29) is 28.5 Å². The first-order valence-corrected chi connectivity index (χ1v) is 7.77. The molecule has 1 aliphatic rings. The largest absolute Gasteiger partial charge is 0.321 e. The quantitative estimate of drug-likeness (QED) is 0.758. The molecule has 1 atom stereocenters. The number of nitrogens with two attached hydrogens (primary N) is 1. The van der Waals surface area contributed by atoms with Crippen LogP contribution in [0.5, 0.6) is 0 Å². The summed E-state index contributed by atoms with van der Waals surface area (Å²) in [6, 6.07) is 2.55. The van der Waals surface area contributed by atoms with Gasteiger partial charge in [0.25, 0.3) is 12.0 Å². The summed E-state index contributed by atoms with van der Waals surface area (Å²) >= 11 is 0. The van der Waals surface area contributed by atoms with Crippen LogP contribution < -0.4 is 11.3 Å². The number of hydrogen-bond donors (Lipinski definition) is 2. The third kappa shape index (κ3) is 2.60. The highest BCUT2D eigenvalue weighted by Crippen LogP contribution is 2.39. The predicted molar refractivity (Wildman–Crippen MR) is 84.1 cm³/mol. The van der Waals surface area contributed by atoms with E-state index in [9.17, 15) is 18.0 Å². The molecule has 1 aliphatic carbocycles. The van der Waals surface area contributed by atoms with E-state index >= 15 is 0 Å². The molecule has 1 saturated carbocycles. The summed E-state index contributed by atoms with van der Waals surface area (Å²) < 4.78 is 41.6. The van der Waals surface area contributed by atoms with E-state index in [2.05, 4.69) is 15.2 Å². The van der Waals surface area contributed by atoms with Crippen molar-refractivity contribution >= 4 is 10.9 Å². The van der Waals surface area contributed by atoms with Gasteiger partial charge in [-0.2, -0.15) is 5.10 Å². The fourth-order valence-electron chi connectivity index (χ4n) is 2.95. The Labute approximate surface area is 139 Å². The lowest BCUT2D eigenvalue weighted by molar-refractivity contribution is 0.152. The van der Waals surface area contributed by atoms with Crippen molar-refractivity contribution < 1.29 is 13.2 Å². The maximum atomic E-state index is 13.8. The molecule has 3 N–H and O–H groups in total. The Hall–Kier alpha value is -2.68. The summed E-state index contributed by atoms with van der Waals surface area (Å²) in [5.41, 5.74) is 4.68. The van der Waals surface area contributed by atoms with Gasteiger partial charge in [-0.1, -0.05) is 0 Å². The molecule has 1 aromatic carbocycles. The molecule has 0 radical (unpaired) electrons. The zero-order valence-corrected chi connectivity index (χ0v) is 12.9. The maximum absolute atomic E-state index is 13.8. The lowest BCUT2D eigenvalue weighted by Crippen LogP contribution is -2.30. The molecular formula is C16H14F3N5O. The minimum absolute atomic E-state index is 0.130. The molecule has 0 saturated heterocycles. The van der Waals surface area contributed by atoms with Crippen LogP contribution in [0.3, 0.4) is 0 Å². The number of alkyl halides is 2. The highest BCUT2D eigenvalue weighted by atomic mass is 19.3. The van der Waals surface area contributed by atoms with Gasteiger partial charge in [0.15, 0.2) is 5.82 Å². The van der Waals surface area contributed by atoms with E-state index in [1.54, 1.807) is 0 Å². The third-order valence-electron chi connectivity index (χ3n) is 4.37. The number of hydrogen-bond acceptors (Lipinski definition) is 4. The van der Waals surface area contributed by atoms with Crippen molar-refractivity contribution in [3.63, 3.8) is 0 Å². The molecule has 0 amide bonds. The van der Waals surface area contributed by atoms with Crippen LogP contribution in [-0.4, -0.2) is 19.7 Å². The van der Waals surface area contributed by atoms with Crippen LogP contribution in [0, 0.1) is 11.7 Å². The molecule has 0 bridgehead atoms. The lowest BCUT2D eigenvalue weighted by Gasteiger charge is -2.17. The molecule has 6 nitrogen and oxygen atoms in total. The van der Waals surface area contributed by atoms with E-state index in [1.165, 1.54) is 12.3 Å². The van der Waals surface area contributed by atoms with Crippen LogP contribution in [-0.2, 0) is 0 Å². The number of nitrogens with one attached hydrogen (secondary N) is 1. The Morgan fingerprint density at radius 2 is 2.08 bits per heavy atom. The molecule has 0 spiro atoms. The van der Waals surface area contributed by atoms with Gasteiger partial charge in [0.1, 0.15) is 11.6 Å². The number of aromatic amines is 1. The van der Waals surface area contributed by atoms with Crippen LogP contribution in [0.1, 0.15) is 36.7 Å². The van der Waals surface area contributed by atoms with Gasteiger partial charge in [0.05, 0.1) is 16.9 Å². The fourth-order valence-corrected chi connectivity index (χ4v) is 2.95. The second-order valence-electron chi connectivity index (χ2n) is 6.10. The molecule has 9 heteroatoms. The summed E-state index contributed by atoms with van der Waals surface area (Å²) in [7, 11) is 0. The predicted octanol–water partition coefficient (Wildman–Crippen LogP) is 2.60. The van der Waals surface area contributed by atoms with Crippen LogP contribution in [0.2, 0.25) is 0 Å². The monoisotopic (exact) mass is 349 g/mol. The molecule has 2 heterocycles. The second-order valence-corrected chi connectivity index (χ2v) is 6.10. The number of H-pyrrole nitrogens is 1. The van der Waals surface area contributed by atoms with E-state index in [1.807, 2.05) is 0 Å². The SMILES string of the molecule is NC(c1nc2c(C(F)F)cc(F)cc2c(=O)n1-c1cc[nH]n1)C1CC1. The smallest absolute Gasteiger partial charge is 0.267 e. The zero-order valence-electron chi connectivity index (χ0n) is 12.9. The number of benzene rings is 1. The van der Waals surface area contributed by atoms with Crippen molar-refractivity contribution in [2.24, 2.45) is 11.7 Å². The summed E-state index contributed by atoms with van der Waals surface area (Å²) in [5, 5.41) is 6.31. The lowest BCUT2D eigenvalue weighted by atomic mass is 10.1. The average Bonchev–Trinajstić information content (AvgIpc) is 3.29. The van der Waals surface area contributed by atoms with Gasteiger partial charge in [-0.05, 0) is 30.9 Å². The minimum atomic E-state index is -2.96. The van der Waals surface area contributed by atoms with Gasteiger partial charge in [0.2, 0.25) is 0 Å². The number of aromatic nitrogens is 4. The van der Waals surface area contributed by atoms with Crippen LogP contribution >= 0.6 is 0 Å². The molecule has 130 valence electrons. The minimum Gasteiger partial charge on any atom is -0.321 e. The fraction of sp³-hybridized carbons (Fsp3) is 0.312. The summed E-state index contributed by atoms with van der Waals surface area (Å²) in [6.45, 7) is 0. The molecule has 1 fully saturated rings.